The molecule has 1 N–H and O–H groups in total. The first-order valence-electron chi connectivity index (χ1n) is 6.84. The molecule has 1 aromatic heterocycles. The second-order valence-electron chi connectivity index (χ2n) is 6.39. The summed E-state index contributed by atoms with van der Waals surface area (Å²) in [6.07, 6.45) is 0.726. The van der Waals surface area contributed by atoms with Gasteiger partial charge in [0.25, 0.3) is 0 Å². The molecule has 3 rings (SSSR count). The first kappa shape index (κ1) is 14.3. The molecule has 0 atom stereocenters. The van der Waals surface area contributed by atoms with Crippen molar-refractivity contribution in [1.82, 2.24) is 4.98 Å². The Balaban J connectivity index is 2.29. The predicted molar refractivity (Wildman–Crippen MR) is 85.8 cm³/mol. The monoisotopic (exact) mass is 345 g/mol. The molecule has 0 unspecified atom stereocenters. The van der Waals surface area contributed by atoms with Crippen LogP contribution in [-0.2, 0) is 11.8 Å². The molecule has 1 heterocycles. The minimum atomic E-state index is -0.912. The van der Waals surface area contributed by atoms with Crippen LogP contribution in [0.15, 0.2) is 28.7 Å². The normalized spacial score (nSPS) is 13.0. The van der Waals surface area contributed by atoms with Gasteiger partial charge in [-0.05, 0) is 23.3 Å². The second kappa shape index (κ2) is 4.67. The highest BCUT2D eigenvalue weighted by Crippen LogP contribution is 2.41. The second-order valence-corrected chi connectivity index (χ2v) is 7.24. The molecule has 21 heavy (non-hydrogen) atoms. The van der Waals surface area contributed by atoms with Crippen LogP contribution in [0.1, 0.15) is 48.0 Å². The van der Waals surface area contributed by atoms with E-state index in [0.29, 0.717) is 11.3 Å². The molecule has 0 fully saturated rings. The maximum atomic E-state index is 11.6. The highest BCUT2D eigenvalue weighted by Gasteiger charge is 2.29. The standard InChI is InChI=1S/C17H16BrNO2/c1-17(2,3)15-12(16(20)21)8-9-7-11-10(14(9)19-15)5-4-6-13(11)18/h4-6,8H,7H2,1-3H3,(H,20,21). The Kier molecular flexibility index (Phi) is 3.17. The van der Waals surface area contributed by atoms with E-state index in [1.807, 2.05) is 39.0 Å². The summed E-state index contributed by atoms with van der Waals surface area (Å²) < 4.78 is 1.05. The molecule has 1 aromatic carbocycles. The van der Waals surface area contributed by atoms with Crippen LogP contribution in [0.4, 0.5) is 0 Å². The summed E-state index contributed by atoms with van der Waals surface area (Å²) in [4.78, 5) is 16.3. The van der Waals surface area contributed by atoms with Gasteiger partial charge in [0.15, 0.2) is 0 Å². The quantitative estimate of drug-likeness (QED) is 0.710. The molecule has 0 amide bonds. The van der Waals surface area contributed by atoms with Crippen LogP contribution in [0.2, 0.25) is 0 Å². The van der Waals surface area contributed by atoms with Crippen LogP contribution >= 0.6 is 15.9 Å². The lowest BCUT2D eigenvalue weighted by atomic mass is 9.87. The number of carboxylic acid groups (broad SMARTS) is 1. The number of carbonyl (C=O) groups is 1. The molecule has 108 valence electrons. The number of benzene rings is 1. The van der Waals surface area contributed by atoms with Crippen molar-refractivity contribution in [3.63, 3.8) is 0 Å². The highest BCUT2D eigenvalue weighted by atomic mass is 79.9. The zero-order valence-corrected chi connectivity index (χ0v) is 13.8. The molecule has 2 aromatic rings. The van der Waals surface area contributed by atoms with E-state index in [-0.39, 0.29) is 5.41 Å². The number of aromatic carboxylic acids is 1. The van der Waals surface area contributed by atoms with Crippen LogP contribution in [-0.4, -0.2) is 16.1 Å². The number of halogens is 1. The van der Waals surface area contributed by atoms with Gasteiger partial charge in [-0.3, -0.25) is 4.98 Å². The van der Waals surface area contributed by atoms with Gasteiger partial charge < -0.3 is 5.11 Å². The molecule has 0 spiro atoms. The number of rotatable bonds is 1. The van der Waals surface area contributed by atoms with E-state index < -0.39 is 5.97 Å². The topological polar surface area (TPSA) is 50.2 Å². The average molecular weight is 346 g/mol. The predicted octanol–water partition coefficient (Wildman–Crippen LogP) is 4.41. The Morgan fingerprint density at radius 2 is 2.05 bits per heavy atom. The van der Waals surface area contributed by atoms with Crippen LogP contribution in [0.25, 0.3) is 11.3 Å². The van der Waals surface area contributed by atoms with E-state index in [0.717, 1.165) is 27.7 Å². The van der Waals surface area contributed by atoms with Crippen molar-refractivity contribution in [3.05, 3.63) is 51.1 Å². The number of hydrogen-bond donors (Lipinski definition) is 1. The van der Waals surface area contributed by atoms with Crippen LogP contribution in [0.3, 0.4) is 0 Å². The Morgan fingerprint density at radius 3 is 2.67 bits per heavy atom. The summed E-state index contributed by atoms with van der Waals surface area (Å²) in [6, 6.07) is 7.83. The summed E-state index contributed by atoms with van der Waals surface area (Å²) >= 11 is 3.57. The van der Waals surface area contributed by atoms with E-state index in [4.69, 9.17) is 4.98 Å². The maximum absolute atomic E-state index is 11.6. The number of aromatic nitrogens is 1. The van der Waals surface area contributed by atoms with Crippen LogP contribution in [0.5, 0.6) is 0 Å². The van der Waals surface area contributed by atoms with Crippen molar-refractivity contribution >= 4 is 21.9 Å². The molecule has 1 aliphatic rings. The van der Waals surface area contributed by atoms with Crippen molar-refractivity contribution in [1.29, 1.82) is 0 Å². The average Bonchev–Trinajstić information content (AvgIpc) is 2.75. The minimum Gasteiger partial charge on any atom is -0.478 e. The summed E-state index contributed by atoms with van der Waals surface area (Å²) in [5.74, 6) is -0.912. The summed E-state index contributed by atoms with van der Waals surface area (Å²) in [7, 11) is 0. The van der Waals surface area contributed by atoms with Crippen LogP contribution < -0.4 is 0 Å². The Hall–Kier alpha value is -1.68. The molecular formula is C17H16BrNO2. The largest absolute Gasteiger partial charge is 0.478 e. The molecule has 1 aliphatic carbocycles. The molecule has 0 bridgehead atoms. The lowest BCUT2D eigenvalue weighted by Gasteiger charge is -2.21. The summed E-state index contributed by atoms with van der Waals surface area (Å²) in [6.45, 7) is 5.97. The molecule has 4 heteroatoms. The first-order chi connectivity index (χ1) is 9.79. The lowest BCUT2D eigenvalue weighted by molar-refractivity contribution is 0.0693. The fourth-order valence-corrected chi connectivity index (χ4v) is 3.31. The zero-order chi connectivity index (χ0) is 15.4. The Morgan fingerprint density at radius 1 is 1.33 bits per heavy atom. The van der Waals surface area contributed by atoms with Gasteiger partial charge in [0.05, 0.1) is 17.0 Å². The third kappa shape index (κ3) is 2.27. The zero-order valence-electron chi connectivity index (χ0n) is 12.2. The molecule has 0 aliphatic heterocycles. The third-order valence-corrected chi connectivity index (χ3v) is 4.53. The maximum Gasteiger partial charge on any atom is 0.337 e. The number of pyridine rings is 1. The number of fused-ring (bicyclic) bond motifs is 3. The van der Waals surface area contributed by atoms with Gasteiger partial charge in [0, 0.05) is 21.9 Å². The SMILES string of the molecule is CC(C)(C)c1nc2c(cc1C(=O)O)Cc1c(Br)cccc1-2. The van der Waals surface area contributed by atoms with Gasteiger partial charge in [-0.2, -0.15) is 0 Å². The van der Waals surface area contributed by atoms with Crippen molar-refractivity contribution in [2.24, 2.45) is 0 Å². The first-order valence-corrected chi connectivity index (χ1v) is 7.64. The van der Waals surface area contributed by atoms with E-state index in [2.05, 4.69) is 15.9 Å². The summed E-state index contributed by atoms with van der Waals surface area (Å²) in [5.41, 5.74) is 4.83. The molecule has 0 saturated heterocycles. The van der Waals surface area contributed by atoms with Gasteiger partial charge in [0.1, 0.15) is 0 Å². The summed E-state index contributed by atoms with van der Waals surface area (Å²) in [5, 5.41) is 9.48. The Labute approximate surface area is 132 Å². The van der Waals surface area contributed by atoms with Gasteiger partial charge >= 0.3 is 5.97 Å². The molecule has 0 radical (unpaired) electrons. The highest BCUT2D eigenvalue weighted by molar-refractivity contribution is 9.10. The van der Waals surface area contributed by atoms with E-state index in [1.54, 1.807) is 6.07 Å². The number of nitrogens with zero attached hydrogens (tertiary/aromatic N) is 1. The molecule has 0 saturated carbocycles. The van der Waals surface area contributed by atoms with E-state index >= 15 is 0 Å². The third-order valence-electron chi connectivity index (χ3n) is 3.78. The van der Waals surface area contributed by atoms with E-state index in [1.165, 1.54) is 5.56 Å². The van der Waals surface area contributed by atoms with Crippen molar-refractivity contribution in [2.75, 3.05) is 0 Å². The number of carboxylic acids is 1. The minimum absolute atomic E-state index is 0.308. The fourth-order valence-electron chi connectivity index (χ4n) is 2.81. The van der Waals surface area contributed by atoms with Crippen molar-refractivity contribution < 1.29 is 9.90 Å². The van der Waals surface area contributed by atoms with Gasteiger partial charge in [-0.1, -0.05) is 48.8 Å². The lowest BCUT2D eigenvalue weighted by Crippen LogP contribution is -2.20. The smallest absolute Gasteiger partial charge is 0.337 e. The van der Waals surface area contributed by atoms with E-state index in [9.17, 15) is 9.90 Å². The van der Waals surface area contributed by atoms with Crippen molar-refractivity contribution in [3.8, 4) is 11.3 Å². The van der Waals surface area contributed by atoms with Crippen molar-refractivity contribution in [2.45, 2.75) is 32.6 Å². The molecular weight excluding hydrogens is 330 g/mol. The van der Waals surface area contributed by atoms with Gasteiger partial charge in [0.2, 0.25) is 0 Å². The van der Waals surface area contributed by atoms with Gasteiger partial charge in [-0.25, -0.2) is 4.79 Å². The molecule has 3 nitrogen and oxygen atoms in total. The number of hydrogen-bond acceptors (Lipinski definition) is 2. The van der Waals surface area contributed by atoms with Gasteiger partial charge in [-0.15, -0.1) is 0 Å². The van der Waals surface area contributed by atoms with Crippen LogP contribution in [0, 0.1) is 0 Å². The Bertz CT molecular complexity index is 760. The fraction of sp³-hybridized carbons (Fsp3) is 0.294.